The van der Waals surface area contributed by atoms with Crippen molar-refractivity contribution in [2.24, 2.45) is 5.92 Å². The Balaban J connectivity index is 1.41. The topological polar surface area (TPSA) is 69.6 Å². The highest BCUT2D eigenvalue weighted by molar-refractivity contribution is 5.74. The molecule has 1 aliphatic heterocycles. The number of amides is 2. The van der Waals surface area contributed by atoms with Crippen molar-refractivity contribution in [3.05, 3.63) is 71.3 Å². The monoisotopic (exact) mass is 366 g/mol. The van der Waals surface area contributed by atoms with Crippen LogP contribution in [-0.4, -0.2) is 41.6 Å². The first-order valence-electron chi connectivity index (χ1n) is 9.46. The Morgan fingerprint density at radius 1 is 1.00 bits per heavy atom. The van der Waals surface area contributed by atoms with E-state index in [-0.39, 0.29) is 12.5 Å². The van der Waals surface area contributed by atoms with Gasteiger partial charge in [-0.2, -0.15) is 0 Å². The number of carbonyl (C=O) groups excluding carboxylic acids is 1. The van der Waals surface area contributed by atoms with Crippen molar-refractivity contribution in [1.82, 2.24) is 10.2 Å². The molecule has 0 saturated carbocycles. The number of nitrogens with one attached hydrogen (secondary N) is 1. The van der Waals surface area contributed by atoms with E-state index in [9.17, 15) is 9.59 Å². The molecule has 0 aromatic heterocycles. The van der Waals surface area contributed by atoms with Crippen LogP contribution in [0.5, 0.6) is 0 Å². The molecule has 142 valence electrons. The van der Waals surface area contributed by atoms with Gasteiger partial charge >= 0.3 is 12.0 Å². The molecule has 2 aromatic rings. The average Bonchev–Trinajstić information content (AvgIpc) is 3.12. The number of benzene rings is 2. The Bertz CT molecular complexity index is 759. The van der Waals surface area contributed by atoms with E-state index >= 15 is 0 Å². The summed E-state index contributed by atoms with van der Waals surface area (Å²) in [5.74, 6) is -0.359. The summed E-state index contributed by atoms with van der Waals surface area (Å²) in [5.41, 5.74) is 3.24. The lowest BCUT2D eigenvalue weighted by Gasteiger charge is -2.17. The number of likely N-dealkylation sites (tertiary alicyclic amines) is 1. The molecule has 0 spiro atoms. The quantitative estimate of drug-likeness (QED) is 0.791. The lowest BCUT2D eigenvalue weighted by atomic mass is 9.97. The maximum absolute atomic E-state index is 12.3. The number of aliphatic carboxylic acids is 1. The Hall–Kier alpha value is -2.82. The Kier molecular flexibility index (Phi) is 6.47. The zero-order valence-corrected chi connectivity index (χ0v) is 15.4. The zero-order valence-electron chi connectivity index (χ0n) is 15.4. The van der Waals surface area contributed by atoms with E-state index in [1.54, 1.807) is 0 Å². The third-order valence-corrected chi connectivity index (χ3v) is 5.01. The molecule has 0 radical (unpaired) electrons. The van der Waals surface area contributed by atoms with Gasteiger partial charge in [0.25, 0.3) is 0 Å². The van der Waals surface area contributed by atoms with Crippen molar-refractivity contribution in [3.63, 3.8) is 0 Å². The fraction of sp³-hybridized carbons (Fsp3) is 0.364. The third kappa shape index (κ3) is 5.84. The van der Waals surface area contributed by atoms with E-state index in [2.05, 4.69) is 17.4 Å². The largest absolute Gasteiger partial charge is 0.481 e. The molecule has 2 N–H and O–H groups in total. The lowest BCUT2D eigenvalue weighted by Crippen LogP contribution is -2.39. The maximum Gasteiger partial charge on any atom is 0.317 e. The number of carbonyl (C=O) groups is 2. The van der Waals surface area contributed by atoms with E-state index < -0.39 is 5.97 Å². The van der Waals surface area contributed by atoms with Gasteiger partial charge in [-0.05, 0) is 41.9 Å². The molecule has 1 heterocycles. The first kappa shape index (κ1) is 19.0. The Labute approximate surface area is 160 Å². The van der Waals surface area contributed by atoms with Gasteiger partial charge in [-0.3, -0.25) is 4.79 Å². The smallest absolute Gasteiger partial charge is 0.317 e. The number of rotatable bonds is 7. The van der Waals surface area contributed by atoms with Gasteiger partial charge in [0.05, 0.1) is 6.42 Å². The molecule has 27 heavy (non-hydrogen) atoms. The van der Waals surface area contributed by atoms with Crippen LogP contribution in [0, 0.1) is 5.92 Å². The summed E-state index contributed by atoms with van der Waals surface area (Å²) < 4.78 is 0. The van der Waals surface area contributed by atoms with Gasteiger partial charge < -0.3 is 15.3 Å². The van der Waals surface area contributed by atoms with Crippen molar-refractivity contribution in [2.45, 2.75) is 25.7 Å². The molecule has 0 aliphatic carbocycles. The summed E-state index contributed by atoms with van der Waals surface area (Å²) in [6.45, 7) is 2.21. The molecule has 1 fully saturated rings. The molecule has 1 aliphatic rings. The van der Waals surface area contributed by atoms with Gasteiger partial charge in [-0.1, -0.05) is 54.6 Å². The zero-order chi connectivity index (χ0) is 19.1. The number of carboxylic acid groups (broad SMARTS) is 1. The Morgan fingerprint density at radius 3 is 2.41 bits per heavy atom. The van der Waals surface area contributed by atoms with Crippen LogP contribution in [0.4, 0.5) is 4.79 Å². The van der Waals surface area contributed by atoms with Crippen LogP contribution in [-0.2, 0) is 24.1 Å². The van der Waals surface area contributed by atoms with Gasteiger partial charge in [0.1, 0.15) is 0 Å². The summed E-state index contributed by atoms with van der Waals surface area (Å²) in [7, 11) is 0. The predicted octanol–water partition coefficient (Wildman–Crippen LogP) is 3.13. The fourth-order valence-corrected chi connectivity index (χ4v) is 3.56. The normalized spacial score (nSPS) is 16.3. The molecule has 1 saturated heterocycles. The molecule has 2 aromatic carbocycles. The number of hydrogen-bond acceptors (Lipinski definition) is 2. The number of carboxylic acids is 1. The minimum absolute atomic E-state index is 0.0187. The fourth-order valence-electron chi connectivity index (χ4n) is 3.56. The molecular weight excluding hydrogens is 340 g/mol. The van der Waals surface area contributed by atoms with Crippen molar-refractivity contribution in [1.29, 1.82) is 0 Å². The van der Waals surface area contributed by atoms with Crippen LogP contribution < -0.4 is 5.32 Å². The van der Waals surface area contributed by atoms with Crippen LogP contribution in [0.2, 0.25) is 0 Å². The second-order valence-electron chi connectivity index (χ2n) is 7.16. The number of urea groups is 1. The molecular formula is C22H26N2O3. The summed E-state index contributed by atoms with van der Waals surface area (Å²) >= 11 is 0. The molecule has 1 atom stereocenters. The third-order valence-electron chi connectivity index (χ3n) is 5.01. The first-order valence-corrected chi connectivity index (χ1v) is 9.46. The molecule has 5 heteroatoms. The minimum atomic E-state index is -0.813. The highest BCUT2D eigenvalue weighted by Crippen LogP contribution is 2.21. The van der Waals surface area contributed by atoms with E-state index in [1.807, 2.05) is 47.4 Å². The van der Waals surface area contributed by atoms with Crippen molar-refractivity contribution < 1.29 is 14.7 Å². The Morgan fingerprint density at radius 2 is 1.70 bits per heavy atom. The van der Waals surface area contributed by atoms with Crippen molar-refractivity contribution in [2.75, 3.05) is 19.6 Å². The van der Waals surface area contributed by atoms with Crippen LogP contribution in [0.3, 0.4) is 0 Å². The SMILES string of the molecule is O=C(O)Cc1ccc(CC2CCN(C(=O)NCCc3ccccc3)C2)cc1. The van der Waals surface area contributed by atoms with Crippen molar-refractivity contribution in [3.8, 4) is 0 Å². The van der Waals surface area contributed by atoms with Gasteiger partial charge in [0.15, 0.2) is 0 Å². The van der Waals surface area contributed by atoms with E-state index in [0.29, 0.717) is 12.5 Å². The van der Waals surface area contributed by atoms with Gasteiger partial charge in [-0.25, -0.2) is 4.79 Å². The summed E-state index contributed by atoms with van der Waals surface area (Å²) in [4.78, 5) is 25.0. The summed E-state index contributed by atoms with van der Waals surface area (Å²) in [6.07, 6.45) is 2.82. The predicted molar refractivity (Wildman–Crippen MR) is 105 cm³/mol. The summed E-state index contributed by atoms with van der Waals surface area (Å²) in [5, 5.41) is 11.8. The molecule has 5 nitrogen and oxygen atoms in total. The first-order chi connectivity index (χ1) is 13.1. The molecule has 3 rings (SSSR count). The summed E-state index contributed by atoms with van der Waals surface area (Å²) in [6, 6.07) is 17.9. The number of hydrogen-bond donors (Lipinski definition) is 2. The van der Waals surface area contributed by atoms with E-state index in [4.69, 9.17) is 5.11 Å². The van der Waals surface area contributed by atoms with E-state index in [0.717, 1.165) is 37.9 Å². The van der Waals surface area contributed by atoms with Gasteiger partial charge in [0, 0.05) is 19.6 Å². The lowest BCUT2D eigenvalue weighted by molar-refractivity contribution is -0.136. The highest BCUT2D eigenvalue weighted by Gasteiger charge is 2.26. The molecule has 1 unspecified atom stereocenters. The van der Waals surface area contributed by atoms with Crippen molar-refractivity contribution >= 4 is 12.0 Å². The second-order valence-corrected chi connectivity index (χ2v) is 7.16. The van der Waals surface area contributed by atoms with Crippen LogP contribution in [0.25, 0.3) is 0 Å². The number of nitrogens with zero attached hydrogens (tertiary/aromatic N) is 1. The average molecular weight is 366 g/mol. The minimum Gasteiger partial charge on any atom is -0.481 e. The van der Waals surface area contributed by atoms with E-state index in [1.165, 1.54) is 11.1 Å². The molecule has 2 amide bonds. The van der Waals surface area contributed by atoms with Gasteiger partial charge in [0.2, 0.25) is 0 Å². The van der Waals surface area contributed by atoms with Crippen LogP contribution in [0.15, 0.2) is 54.6 Å². The van der Waals surface area contributed by atoms with Crippen LogP contribution in [0.1, 0.15) is 23.1 Å². The second kappa shape index (κ2) is 9.21. The van der Waals surface area contributed by atoms with Gasteiger partial charge in [-0.15, -0.1) is 0 Å². The standard InChI is InChI=1S/C22H26N2O3/c25-21(26)15-19-8-6-18(7-9-19)14-20-11-13-24(16-20)22(27)23-12-10-17-4-2-1-3-5-17/h1-9,20H,10-16H2,(H,23,27)(H,25,26). The highest BCUT2D eigenvalue weighted by atomic mass is 16.4. The maximum atomic E-state index is 12.3. The molecule has 0 bridgehead atoms. The van der Waals surface area contributed by atoms with Crippen LogP contribution >= 0.6 is 0 Å².